The molecule has 0 spiro atoms. The standard InChI is InChI=1S/C22H24N2O7/c1-28-14-21(26)23-17-4-6-18(16(12-17)13-24-8-10-30-22(24)27)31-20-11-15(7-9-25)3-5-19(20)29-2/h3-6,9,11-12H,7-8,10,13-14H2,1-2H3,(H,23,26). The van der Waals surface area contributed by atoms with E-state index in [1.54, 1.807) is 41.3 Å². The number of hydrogen-bond acceptors (Lipinski definition) is 7. The normalized spacial score (nSPS) is 13.0. The quantitative estimate of drug-likeness (QED) is 0.581. The lowest BCUT2D eigenvalue weighted by molar-refractivity contribution is -0.119. The highest BCUT2D eigenvalue weighted by Gasteiger charge is 2.24. The molecule has 0 radical (unpaired) electrons. The molecule has 0 aliphatic carbocycles. The van der Waals surface area contributed by atoms with Crippen molar-refractivity contribution in [3.63, 3.8) is 0 Å². The van der Waals surface area contributed by atoms with E-state index in [2.05, 4.69) is 5.32 Å². The highest BCUT2D eigenvalue weighted by atomic mass is 16.6. The van der Waals surface area contributed by atoms with Crippen LogP contribution in [0.15, 0.2) is 36.4 Å². The number of rotatable bonds is 10. The SMILES string of the molecule is COCC(=O)Nc1ccc(Oc2cc(CC=O)ccc2OC)c(CN2CCOC2=O)c1. The molecule has 1 heterocycles. The van der Waals surface area contributed by atoms with Gasteiger partial charge >= 0.3 is 6.09 Å². The molecule has 1 N–H and O–H groups in total. The van der Waals surface area contributed by atoms with Gasteiger partial charge in [0.15, 0.2) is 11.5 Å². The van der Waals surface area contributed by atoms with Crippen LogP contribution in [0.3, 0.4) is 0 Å². The van der Waals surface area contributed by atoms with Crippen molar-refractivity contribution >= 4 is 24.0 Å². The molecule has 2 aromatic rings. The summed E-state index contributed by atoms with van der Waals surface area (Å²) in [6, 6.07) is 10.4. The van der Waals surface area contributed by atoms with Crippen molar-refractivity contribution in [2.24, 2.45) is 0 Å². The Kier molecular flexibility index (Phi) is 7.45. The lowest BCUT2D eigenvalue weighted by Crippen LogP contribution is -2.24. The molecular weight excluding hydrogens is 404 g/mol. The Hall–Kier alpha value is -3.59. The minimum absolute atomic E-state index is 0.0766. The summed E-state index contributed by atoms with van der Waals surface area (Å²) in [4.78, 5) is 36.2. The van der Waals surface area contributed by atoms with Crippen LogP contribution in [0.4, 0.5) is 10.5 Å². The van der Waals surface area contributed by atoms with E-state index in [4.69, 9.17) is 18.9 Å². The number of carbonyl (C=O) groups is 3. The third-order valence-electron chi connectivity index (χ3n) is 4.59. The van der Waals surface area contributed by atoms with Crippen molar-refractivity contribution < 1.29 is 33.3 Å². The predicted molar refractivity (Wildman–Crippen MR) is 112 cm³/mol. The third kappa shape index (κ3) is 5.73. The van der Waals surface area contributed by atoms with Crippen molar-refractivity contribution in [2.45, 2.75) is 13.0 Å². The van der Waals surface area contributed by atoms with Crippen LogP contribution in [-0.2, 0) is 32.0 Å². The van der Waals surface area contributed by atoms with Gasteiger partial charge < -0.3 is 34.0 Å². The molecule has 2 aromatic carbocycles. The second-order valence-electron chi connectivity index (χ2n) is 6.80. The first-order chi connectivity index (χ1) is 15.0. The maximum Gasteiger partial charge on any atom is 0.410 e. The van der Waals surface area contributed by atoms with E-state index >= 15 is 0 Å². The zero-order chi connectivity index (χ0) is 22.2. The molecule has 1 aliphatic rings. The number of nitrogens with zero attached hydrogens (tertiary/aromatic N) is 1. The van der Waals surface area contributed by atoms with Gasteiger partial charge in [-0.15, -0.1) is 0 Å². The van der Waals surface area contributed by atoms with E-state index in [0.29, 0.717) is 41.7 Å². The van der Waals surface area contributed by atoms with Crippen LogP contribution < -0.4 is 14.8 Å². The summed E-state index contributed by atoms with van der Waals surface area (Å²) in [5.41, 5.74) is 1.98. The van der Waals surface area contributed by atoms with Crippen LogP contribution in [0.5, 0.6) is 17.2 Å². The Morgan fingerprint density at radius 1 is 1.16 bits per heavy atom. The fourth-order valence-corrected chi connectivity index (χ4v) is 3.13. The van der Waals surface area contributed by atoms with Gasteiger partial charge in [0.05, 0.1) is 20.2 Å². The average molecular weight is 428 g/mol. The second kappa shape index (κ2) is 10.4. The average Bonchev–Trinajstić information content (AvgIpc) is 3.15. The summed E-state index contributed by atoms with van der Waals surface area (Å²) in [5, 5.41) is 2.74. The molecule has 0 bridgehead atoms. The number of methoxy groups -OCH3 is 2. The smallest absolute Gasteiger partial charge is 0.410 e. The number of aldehydes is 1. The van der Waals surface area contributed by atoms with E-state index in [0.717, 1.165) is 11.8 Å². The molecule has 1 fully saturated rings. The van der Waals surface area contributed by atoms with Gasteiger partial charge in [0.1, 0.15) is 25.2 Å². The summed E-state index contributed by atoms with van der Waals surface area (Å²) in [6.45, 7) is 0.933. The Morgan fingerprint density at radius 2 is 1.97 bits per heavy atom. The van der Waals surface area contributed by atoms with Gasteiger partial charge in [0.2, 0.25) is 5.91 Å². The Labute approximate surface area is 179 Å². The molecule has 0 atom stereocenters. The van der Waals surface area contributed by atoms with Gasteiger partial charge in [-0.05, 0) is 35.9 Å². The summed E-state index contributed by atoms with van der Waals surface area (Å²) in [5.74, 6) is 1.11. The monoisotopic (exact) mass is 428 g/mol. The molecule has 164 valence electrons. The largest absolute Gasteiger partial charge is 0.493 e. The molecule has 2 amide bonds. The highest BCUT2D eigenvalue weighted by Crippen LogP contribution is 2.35. The molecule has 1 saturated heterocycles. The van der Waals surface area contributed by atoms with E-state index in [1.165, 1.54) is 14.2 Å². The van der Waals surface area contributed by atoms with Crippen molar-refractivity contribution in [3.8, 4) is 17.2 Å². The van der Waals surface area contributed by atoms with E-state index in [1.807, 2.05) is 0 Å². The zero-order valence-corrected chi connectivity index (χ0v) is 17.4. The van der Waals surface area contributed by atoms with Crippen molar-refractivity contribution in [1.29, 1.82) is 0 Å². The maximum absolute atomic E-state index is 11.9. The number of nitrogens with one attached hydrogen (secondary N) is 1. The van der Waals surface area contributed by atoms with Crippen molar-refractivity contribution in [2.75, 3.05) is 39.3 Å². The summed E-state index contributed by atoms with van der Waals surface area (Å²) in [7, 11) is 2.96. The first kappa shape index (κ1) is 22.1. The number of anilines is 1. The number of cyclic esters (lactones) is 1. The van der Waals surface area contributed by atoms with Crippen LogP contribution >= 0.6 is 0 Å². The minimum atomic E-state index is -0.412. The molecule has 9 heteroatoms. The van der Waals surface area contributed by atoms with Gasteiger partial charge in [0.25, 0.3) is 0 Å². The fourth-order valence-electron chi connectivity index (χ4n) is 3.13. The van der Waals surface area contributed by atoms with Crippen molar-refractivity contribution in [1.82, 2.24) is 4.90 Å². The number of amides is 2. The molecular formula is C22H24N2O7. The molecule has 3 rings (SSSR count). The van der Waals surface area contributed by atoms with Gasteiger partial charge in [-0.2, -0.15) is 0 Å². The van der Waals surface area contributed by atoms with Gasteiger partial charge in [-0.3, -0.25) is 4.79 Å². The zero-order valence-electron chi connectivity index (χ0n) is 17.4. The molecule has 1 aliphatic heterocycles. The van der Waals surface area contributed by atoms with Crippen LogP contribution in [0.25, 0.3) is 0 Å². The molecule has 0 saturated carbocycles. The molecule has 0 unspecified atom stereocenters. The third-order valence-corrected chi connectivity index (χ3v) is 4.59. The lowest BCUT2D eigenvalue weighted by Gasteiger charge is -2.19. The maximum atomic E-state index is 11.9. The topological polar surface area (TPSA) is 103 Å². The molecule has 31 heavy (non-hydrogen) atoms. The van der Waals surface area contributed by atoms with Crippen LogP contribution in [-0.4, -0.2) is 57.2 Å². The highest BCUT2D eigenvalue weighted by molar-refractivity contribution is 5.91. The second-order valence-corrected chi connectivity index (χ2v) is 6.80. The predicted octanol–water partition coefficient (Wildman–Crippen LogP) is 2.77. The Balaban J connectivity index is 1.92. The van der Waals surface area contributed by atoms with Crippen LogP contribution in [0, 0.1) is 0 Å². The summed E-state index contributed by atoms with van der Waals surface area (Å²) in [6.07, 6.45) is 0.649. The summed E-state index contributed by atoms with van der Waals surface area (Å²) < 4.78 is 21.3. The summed E-state index contributed by atoms with van der Waals surface area (Å²) >= 11 is 0. The number of benzene rings is 2. The fraction of sp³-hybridized carbons (Fsp3) is 0.318. The lowest BCUT2D eigenvalue weighted by atomic mass is 10.1. The van der Waals surface area contributed by atoms with Crippen molar-refractivity contribution in [3.05, 3.63) is 47.5 Å². The molecule has 0 aromatic heterocycles. The Bertz CT molecular complexity index is 961. The number of carbonyl (C=O) groups excluding carboxylic acids is 3. The van der Waals surface area contributed by atoms with Gasteiger partial charge in [-0.25, -0.2) is 4.79 Å². The van der Waals surface area contributed by atoms with Crippen LogP contribution in [0.2, 0.25) is 0 Å². The van der Waals surface area contributed by atoms with E-state index < -0.39 is 6.09 Å². The number of ether oxygens (including phenoxy) is 4. The van der Waals surface area contributed by atoms with Gasteiger partial charge in [-0.1, -0.05) is 6.07 Å². The number of hydrogen-bond donors (Lipinski definition) is 1. The first-order valence-corrected chi connectivity index (χ1v) is 9.66. The van der Waals surface area contributed by atoms with Gasteiger partial charge in [0, 0.05) is 24.8 Å². The Morgan fingerprint density at radius 3 is 2.65 bits per heavy atom. The van der Waals surface area contributed by atoms with Crippen LogP contribution in [0.1, 0.15) is 11.1 Å². The minimum Gasteiger partial charge on any atom is -0.493 e. The van der Waals surface area contributed by atoms with E-state index in [9.17, 15) is 14.4 Å². The van der Waals surface area contributed by atoms with E-state index in [-0.39, 0.29) is 25.5 Å². The molecule has 9 nitrogen and oxygen atoms in total. The first-order valence-electron chi connectivity index (χ1n) is 9.66.